The molecule has 3 aromatic rings. The van der Waals surface area contributed by atoms with Crippen LogP contribution >= 0.6 is 0 Å². The van der Waals surface area contributed by atoms with Gasteiger partial charge < -0.3 is 10.1 Å². The SMILES string of the molecule is COCC[C@@H](C)NC(=O)c1ccc(-n2[nH]cc(-c3ccc(C#N)cc3C)c2=O)nc1. The Labute approximate surface area is 174 Å². The van der Waals surface area contributed by atoms with E-state index < -0.39 is 0 Å². The number of nitrogens with one attached hydrogen (secondary N) is 2. The topological polar surface area (TPSA) is 113 Å². The van der Waals surface area contributed by atoms with Crippen molar-refractivity contribution < 1.29 is 9.53 Å². The highest BCUT2D eigenvalue weighted by atomic mass is 16.5. The van der Waals surface area contributed by atoms with Crippen LogP contribution < -0.4 is 10.9 Å². The summed E-state index contributed by atoms with van der Waals surface area (Å²) in [6, 6.07) is 10.5. The number of carbonyl (C=O) groups excluding carboxylic acids is 1. The maximum atomic E-state index is 12.9. The van der Waals surface area contributed by atoms with Gasteiger partial charge >= 0.3 is 0 Å². The van der Waals surface area contributed by atoms with Gasteiger partial charge in [-0.15, -0.1) is 0 Å². The molecule has 1 amide bonds. The summed E-state index contributed by atoms with van der Waals surface area (Å²) in [6.07, 6.45) is 3.76. The van der Waals surface area contributed by atoms with E-state index in [9.17, 15) is 9.59 Å². The van der Waals surface area contributed by atoms with Crippen LogP contribution in [0.25, 0.3) is 16.9 Å². The maximum absolute atomic E-state index is 12.9. The van der Waals surface area contributed by atoms with Crippen molar-refractivity contribution in [2.45, 2.75) is 26.3 Å². The molecule has 2 heterocycles. The molecule has 0 unspecified atom stereocenters. The lowest BCUT2D eigenvalue weighted by Gasteiger charge is -2.13. The first-order chi connectivity index (χ1) is 14.4. The van der Waals surface area contributed by atoms with Gasteiger partial charge in [-0.05, 0) is 55.7 Å². The Kier molecular flexibility index (Phi) is 6.45. The number of nitriles is 1. The number of carbonyl (C=O) groups is 1. The molecular weight excluding hydrogens is 382 g/mol. The molecule has 0 saturated heterocycles. The fraction of sp³-hybridized carbons (Fsp3) is 0.273. The number of H-pyrrole nitrogens is 1. The molecule has 0 aliphatic rings. The number of methoxy groups -OCH3 is 1. The molecule has 8 heteroatoms. The third-order valence-corrected chi connectivity index (χ3v) is 4.79. The van der Waals surface area contributed by atoms with Crippen LogP contribution in [0.1, 0.15) is 34.8 Å². The molecule has 154 valence electrons. The molecule has 0 radical (unpaired) electrons. The summed E-state index contributed by atoms with van der Waals surface area (Å²) in [6.45, 7) is 4.32. The number of aromatic nitrogens is 3. The predicted molar refractivity (Wildman–Crippen MR) is 112 cm³/mol. The van der Waals surface area contributed by atoms with Crippen molar-refractivity contribution >= 4 is 5.91 Å². The van der Waals surface area contributed by atoms with Gasteiger partial charge in [-0.25, -0.2) is 9.67 Å². The standard InChI is InChI=1S/C22H23N5O3/c1-14-10-16(11-23)4-6-18(14)19-13-25-27(22(19)29)20-7-5-17(12-24-20)21(28)26-15(2)8-9-30-3/h4-7,10,12-13,15,25H,8-9H2,1-3H3,(H,26,28)/t15-/m1/s1. The van der Waals surface area contributed by atoms with Crippen molar-refractivity contribution in [2.24, 2.45) is 0 Å². The lowest BCUT2D eigenvalue weighted by Crippen LogP contribution is -2.33. The number of pyridine rings is 1. The van der Waals surface area contributed by atoms with Crippen LogP contribution in [0.3, 0.4) is 0 Å². The lowest BCUT2D eigenvalue weighted by molar-refractivity contribution is 0.0929. The Bertz CT molecular complexity index is 1140. The summed E-state index contributed by atoms with van der Waals surface area (Å²) < 4.78 is 6.33. The Balaban J connectivity index is 1.80. The molecule has 0 spiro atoms. The minimum Gasteiger partial charge on any atom is -0.385 e. The molecule has 3 rings (SSSR count). The van der Waals surface area contributed by atoms with Crippen LogP contribution in [-0.4, -0.2) is 40.4 Å². The smallest absolute Gasteiger partial charge is 0.280 e. The van der Waals surface area contributed by atoms with Crippen molar-refractivity contribution in [1.29, 1.82) is 5.26 Å². The summed E-state index contributed by atoms with van der Waals surface area (Å²) in [5.74, 6) is 0.145. The Hall–Kier alpha value is -3.70. The Morgan fingerprint density at radius 1 is 1.33 bits per heavy atom. The summed E-state index contributed by atoms with van der Waals surface area (Å²) in [7, 11) is 1.62. The quantitative estimate of drug-likeness (QED) is 0.627. The van der Waals surface area contributed by atoms with E-state index in [1.54, 1.807) is 43.6 Å². The predicted octanol–water partition coefficient (Wildman–Crippen LogP) is 2.56. The van der Waals surface area contributed by atoms with Gasteiger partial charge in [0.1, 0.15) is 0 Å². The average Bonchev–Trinajstić information content (AvgIpc) is 3.13. The molecule has 1 aromatic carbocycles. The van der Waals surface area contributed by atoms with Crippen molar-refractivity contribution in [3.05, 3.63) is 69.8 Å². The van der Waals surface area contributed by atoms with Crippen LogP contribution in [0, 0.1) is 18.3 Å². The Morgan fingerprint density at radius 2 is 2.13 bits per heavy atom. The van der Waals surface area contributed by atoms with E-state index >= 15 is 0 Å². The fourth-order valence-corrected chi connectivity index (χ4v) is 3.10. The summed E-state index contributed by atoms with van der Waals surface area (Å²) in [5, 5.41) is 14.8. The second kappa shape index (κ2) is 9.20. The van der Waals surface area contributed by atoms with Gasteiger partial charge in [0.25, 0.3) is 11.5 Å². The van der Waals surface area contributed by atoms with Crippen molar-refractivity contribution in [3.63, 3.8) is 0 Å². The van der Waals surface area contributed by atoms with Crippen LogP contribution in [0.15, 0.2) is 47.5 Å². The third kappa shape index (κ3) is 4.47. The lowest BCUT2D eigenvalue weighted by atomic mass is 10.0. The Morgan fingerprint density at radius 3 is 2.77 bits per heavy atom. The van der Waals surface area contributed by atoms with Gasteiger partial charge in [0.15, 0.2) is 5.82 Å². The van der Waals surface area contributed by atoms with Crippen LogP contribution in [0.4, 0.5) is 0 Å². The first-order valence-corrected chi connectivity index (χ1v) is 9.52. The molecule has 2 aromatic heterocycles. The molecule has 0 fully saturated rings. The van der Waals surface area contributed by atoms with E-state index in [2.05, 4.69) is 21.5 Å². The number of benzene rings is 1. The van der Waals surface area contributed by atoms with E-state index in [-0.39, 0.29) is 17.5 Å². The number of aryl methyl sites for hydroxylation is 1. The van der Waals surface area contributed by atoms with E-state index in [1.165, 1.54) is 10.9 Å². The number of aromatic amines is 1. The minimum atomic E-state index is -0.263. The molecule has 8 nitrogen and oxygen atoms in total. The van der Waals surface area contributed by atoms with Gasteiger partial charge in [0, 0.05) is 32.2 Å². The highest BCUT2D eigenvalue weighted by Crippen LogP contribution is 2.21. The van der Waals surface area contributed by atoms with Gasteiger partial charge in [-0.3, -0.25) is 14.7 Å². The van der Waals surface area contributed by atoms with Crippen LogP contribution in [0.5, 0.6) is 0 Å². The summed E-state index contributed by atoms with van der Waals surface area (Å²) >= 11 is 0. The molecule has 0 saturated carbocycles. The van der Waals surface area contributed by atoms with Gasteiger partial charge in [-0.1, -0.05) is 6.07 Å². The van der Waals surface area contributed by atoms with Crippen molar-refractivity contribution in [1.82, 2.24) is 20.1 Å². The van der Waals surface area contributed by atoms with Gasteiger partial charge in [0.05, 0.1) is 22.8 Å². The second-order valence-electron chi connectivity index (χ2n) is 7.03. The molecule has 30 heavy (non-hydrogen) atoms. The zero-order valence-corrected chi connectivity index (χ0v) is 17.1. The highest BCUT2D eigenvalue weighted by molar-refractivity contribution is 5.94. The number of nitrogens with zero attached hydrogens (tertiary/aromatic N) is 3. The van der Waals surface area contributed by atoms with Crippen molar-refractivity contribution in [3.8, 4) is 23.0 Å². The molecule has 0 aliphatic carbocycles. The number of ether oxygens (including phenoxy) is 1. The number of hydrogen-bond donors (Lipinski definition) is 2. The number of rotatable bonds is 7. The molecule has 2 N–H and O–H groups in total. The summed E-state index contributed by atoms with van der Waals surface area (Å²) in [5.41, 5.74) is 2.74. The second-order valence-corrected chi connectivity index (χ2v) is 7.03. The third-order valence-electron chi connectivity index (χ3n) is 4.79. The first-order valence-electron chi connectivity index (χ1n) is 9.52. The molecule has 0 bridgehead atoms. The molecular formula is C22H23N5O3. The largest absolute Gasteiger partial charge is 0.385 e. The normalized spacial score (nSPS) is 11.7. The van der Waals surface area contributed by atoms with Gasteiger partial charge in [-0.2, -0.15) is 5.26 Å². The summed E-state index contributed by atoms with van der Waals surface area (Å²) in [4.78, 5) is 29.5. The number of hydrogen-bond acceptors (Lipinski definition) is 5. The van der Waals surface area contributed by atoms with Crippen LogP contribution in [-0.2, 0) is 4.74 Å². The maximum Gasteiger partial charge on any atom is 0.280 e. The van der Waals surface area contributed by atoms with E-state index in [4.69, 9.17) is 10.00 Å². The zero-order chi connectivity index (χ0) is 21.7. The van der Waals surface area contributed by atoms with E-state index in [0.29, 0.717) is 35.5 Å². The monoisotopic (exact) mass is 405 g/mol. The van der Waals surface area contributed by atoms with E-state index in [1.807, 2.05) is 13.8 Å². The van der Waals surface area contributed by atoms with E-state index in [0.717, 1.165) is 11.1 Å². The fourth-order valence-electron chi connectivity index (χ4n) is 3.10. The van der Waals surface area contributed by atoms with Crippen LogP contribution in [0.2, 0.25) is 0 Å². The average molecular weight is 405 g/mol. The highest BCUT2D eigenvalue weighted by Gasteiger charge is 2.14. The minimum absolute atomic E-state index is 0.0265. The number of amides is 1. The zero-order valence-electron chi connectivity index (χ0n) is 17.1. The van der Waals surface area contributed by atoms with Crippen molar-refractivity contribution in [2.75, 3.05) is 13.7 Å². The first kappa shape index (κ1) is 21.0. The molecule has 0 aliphatic heterocycles. The molecule has 1 atom stereocenters. The van der Waals surface area contributed by atoms with Gasteiger partial charge in [0.2, 0.25) is 0 Å².